The minimum atomic E-state index is -1.06. The Morgan fingerprint density at radius 3 is 2.56 bits per heavy atom. The molecule has 18 heavy (non-hydrogen) atoms. The van der Waals surface area contributed by atoms with Gasteiger partial charge in [-0.3, -0.25) is 10.1 Å². The number of nitrogens with zero attached hydrogens (tertiary/aromatic N) is 1. The minimum absolute atomic E-state index is 0.0703. The minimum Gasteiger partial charge on any atom is -0.493 e. The largest absolute Gasteiger partial charge is 0.493 e. The Kier molecular flexibility index (Phi) is 4.59. The summed E-state index contributed by atoms with van der Waals surface area (Å²) in [4.78, 5) is 21.3. The van der Waals surface area contributed by atoms with Crippen molar-refractivity contribution in [1.29, 1.82) is 0 Å². The van der Waals surface area contributed by atoms with Gasteiger partial charge in [-0.15, -0.1) is 0 Å². The highest BCUT2D eigenvalue weighted by Crippen LogP contribution is 2.28. The molecular formula is C11H12FNO5. The van der Waals surface area contributed by atoms with Crippen LogP contribution in [0.15, 0.2) is 12.1 Å². The second kappa shape index (κ2) is 5.95. The molecule has 98 valence electrons. The molecule has 0 N–H and O–H groups in total. The molecule has 0 aromatic heterocycles. The Bertz CT molecular complexity index is 475. The van der Waals surface area contributed by atoms with Crippen molar-refractivity contribution in [3.63, 3.8) is 0 Å². The van der Waals surface area contributed by atoms with E-state index < -0.39 is 22.4 Å². The van der Waals surface area contributed by atoms with E-state index >= 15 is 0 Å². The van der Waals surface area contributed by atoms with Crippen LogP contribution in [-0.4, -0.2) is 24.1 Å². The fourth-order valence-corrected chi connectivity index (χ4v) is 1.33. The van der Waals surface area contributed by atoms with Gasteiger partial charge in [0.1, 0.15) is 11.3 Å². The van der Waals surface area contributed by atoms with Crippen LogP contribution in [0.2, 0.25) is 0 Å². The van der Waals surface area contributed by atoms with Gasteiger partial charge in [0.05, 0.1) is 18.1 Å². The van der Waals surface area contributed by atoms with E-state index in [0.29, 0.717) is 0 Å². The summed E-state index contributed by atoms with van der Waals surface area (Å²) in [5, 5.41) is 10.6. The van der Waals surface area contributed by atoms with Gasteiger partial charge in [0.25, 0.3) is 0 Å². The fraction of sp³-hybridized carbons (Fsp3) is 0.364. The zero-order chi connectivity index (χ0) is 13.7. The van der Waals surface area contributed by atoms with E-state index in [-0.39, 0.29) is 24.5 Å². The lowest BCUT2D eigenvalue weighted by Gasteiger charge is -2.09. The number of benzene rings is 1. The highest BCUT2D eigenvalue weighted by atomic mass is 19.1. The molecule has 0 amide bonds. The van der Waals surface area contributed by atoms with Gasteiger partial charge in [0.2, 0.25) is 5.82 Å². The summed E-state index contributed by atoms with van der Waals surface area (Å²) in [6.45, 7) is 3.55. The summed E-state index contributed by atoms with van der Waals surface area (Å²) in [5.74, 6) is -1.92. The van der Waals surface area contributed by atoms with Gasteiger partial charge < -0.3 is 9.47 Å². The molecule has 0 aliphatic carbocycles. The predicted molar refractivity (Wildman–Crippen MR) is 60.2 cm³/mol. The smallest absolute Gasteiger partial charge is 0.342 e. The number of carbonyl (C=O) groups is 1. The number of esters is 1. The Labute approximate surface area is 102 Å². The number of nitro groups is 1. The monoisotopic (exact) mass is 257 g/mol. The first-order valence-corrected chi connectivity index (χ1v) is 5.29. The van der Waals surface area contributed by atoms with Crippen molar-refractivity contribution < 1.29 is 23.6 Å². The van der Waals surface area contributed by atoms with Crippen molar-refractivity contribution in [3.8, 4) is 5.75 Å². The number of hydrogen-bond acceptors (Lipinski definition) is 5. The quantitative estimate of drug-likeness (QED) is 0.459. The lowest BCUT2D eigenvalue weighted by Crippen LogP contribution is -2.09. The van der Waals surface area contributed by atoms with E-state index in [9.17, 15) is 19.3 Å². The SMILES string of the molecule is CCOC(=O)c1cc([N+](=O)[O-])c(F)cc1OCC. The predicted octanol–water partition coefficient (Wildman–Crippen LogP) is 2.31. The maximum absolute atomic E-state index is 13.4. The van der Waals surface area contributed by atoms with E-state index in [1.165, 1.54) is 0 Å². The van der Waals surface area contributed by atoms with Crippen LogP contribution in [0.5, 0.6) is 5.75 Å². The topological polar surface area (TPSA) is 78.7 Å². The number of halogens is 1. The van der Waals surface area contributed by atoms with E-state index in [4.69, 9.17) is 9.47 Å². The van der Waals surface area contributed by atoms with Gasteiger partial charge in [-0.2, -0.15) is 4.39 Å². The normalized spacial score (nSPS) is 9.94. The third-order valence-corrected chi connectivity index (χ3v) is 2.04. The molecule has 0 atom stereocenters. The van der Waals surface area contributed by atoms with Crippen LogP contribution in [0.3, 0.4) is 0 Å². The molecule has 0 saturated carbocycles. The van der Waals surface area contributed by atoms with Crippen LogP contribution in [0.25, 0.3) is 0 Å². The lowest BCUT2D eigenvalue weighted by molar-refractivity contribution is -0.387. The summed E-state index contributed by atoms with van der Waals surface area (Å²) < 4.78 is 23.2. The summed E-state index contributed by atoms with van der Waals surface area (Å²) >= 11 is 0. The van der Waals surface area contributed by atoms with Crippen molar-refractivity contribution in [2.75, 3.05) is 13.2 Å². The maximum Gasteiger partial charge on any atom is 0.342 e. The van der Waals surface area contributed by atoms with Crippen LogP contribution in [-0.2, 0) is 4.74 Å². The van der Waals surface area contributed by atoms with Gasteiger partial charge in [-0.25, -0.2) is 4.79 Å². The maximum atomic E-state index is 13.4. The van der Waals surface area contributed by atoms with Gasteiger partial charge in [-0.05, 0) is 13.8 Å². The Morgan fingerprint density at radius 2 is 2.06 bits per heavy atom. The first kappa shape index (κ1) is 13.9. The number of rotatable bonds is 5. The van der Waals surface area contributed by atoms with Crippen LogP contribution >= 0.6 is 0 Å². The molecular weight excluding hydrogens is 245 g/mol. The van der Waals surface area contributed by atoms with Crippen molar-refractivity contribution in [2.45, 2.75) is 13.8 Å². The van der Waals surface area contributed by atoms with E-state index in [2.05, 4.69) is 0 Å². The van der Waals surface area contributed by atoms with E-state index in [0.717, 1.165) is 12.1 Å². The lowest BCUT2D eigenvalue weighted by atomic mass is 10.1. The van der Waals surface area contributed by atoms with E-state index in [1.54, 1.807) is 13.8 Å². The van der Waals surface area contributed by atoms with Gasteiger partial charge in [0.15, 0.2) is 0 Å². The Morgan fingerprint density at radius 1 is 1.39 bits per heavy atom. The molecule has 0 saturated heterocycles. The van der Waals surface area contributed by atoms with Crippen molar-refractivity contribution in [2.24, 2.45) is 0 Å². The van der Waals surface area contributed by atoms with Crippen LogP contribution in [0.4, 0.5) is 10.1 Å². The zero-order valence-electron chi connectivity index (χ0n) is 9.94. The van der Waals surface area contributed by atoms with Crippen LogP contribution in [0.1, 0.15) is 24.2 Å². The van der Waals surface area contributed by atoms with Gasteiger partial charge in [-0.1, -0.05) is 0 Å². The third-order valence-electron chi connectivity index (χ3n) is 2.04. The van der Waals surface area contributed by atoms with Crippen molar-refractivity contribution in [3.05, 3.63) is 33.6 Å². The molecule has 1 aromatic carbocycles. The molecule has 6 nitrogen and oxygen atoms in total. The molecule has 7 heteroatoms. The molecule has 0 aliphatic rings. The molecule has 0 heterocycles. The number of ether oxygens (including phenoxy) is 2. The van der Waals surface area contributed by atoms with Crippen LogP contribution in [0, 0.1) is 15.9 Å². The summed E-state index contributed by atoms with van der Waals surface area (Å²) in [5.41, 5.74) is -0.951. The molecule has 0 spiro atoms. The third kappa shape index (κ3) is 2.93. The van der Waals surface area contributed by atoms with Gasteiger partial charge in [0, 0.05) is 12.1 Å². The number of hydrogen-bond donors (Lipinski definition) is 0. The molecule has 0 radical (unpaired) electrons. The fourth-order valence-electron chi connectivity index (χ4n) is 1.33. The average Bonchev–Trinajstić information content (AvgIpc) is 2.29. The Balaban J connectivity index is 3.30. The van der Waals surface area contributed by atoms with Crippen LogP contribution < -0.4 is 4.74 Å². The first-order chi connectivity index (χ1) is 8.51. The molecule has 1 aromatic rings. The zero-order valence-corrected chi connectivity index (χ0v) is 9.94. The second-order valence-corrected chi connectivity index (χ2v) is 3.21. The standard InChI is InChI=1S/C11H12FNO5/c1-3-17-10-6-8(12)9(13(15)16)5-7(10)11(14)18-4-2/h5-6H,3-4H2,1-2H3. The summed E-state index contributed by atoms with van der Waals surface area (Å²) in [6, 6.07) is 1.63. The molecule has 0 unspecified atom stereocenters. The van der Waals surface area contributed by atoms with Crippen molar-refractivity contribution in [1.82, 2.24) is 0 Å². The highest BCUT2D eigenvalue weighted by molar-refractivity contribution is 5.93. The molecule has 0 aliphatic heterocycles. The average molecular weight is 257 g/mol. The molecule has 0 fully saturated rings. The molecule has 1 rings (SSSR count). The summed E-state index contributed by atoms with van der Waals surface area (Å²) in [7, 11) is 0. The van der Waals surface area contributed by atoms with Crippen molar-refractivity contribution >= 4 is 11.7 Å². The summed E-state index contributed by atoms with van der Waals surface area (Å²) in [6.07, 6.45) is 0. The first-order valence-electron chi connectivity index (χ1n) is 5.29. The number of carbonyl (C=O) groups excluding carboxylic acids is 1. The highest BCUT2D eigenvalue weighted by Gasteiger charge is 2.23. The van der Waals surface area contributed by atoms with E-state index in [1.807, 2.05) is 0 Å². The molecule has 0 bridgehead atoms. The Hall–Kier alpha value is -2.18. The second-order valence-electron chi connectivity index (χ2n) is 3.21. The van der Waals surface area contributed by atoms with Gasteiger partial charge >= 0.3 is 11.7 Å². The number of nitro benzene ring substituents is 1.